The van der Waals surface area contributed by atoms with Gasteiger partial charge in [0.15, 0.2) is 16.9 Å². The zero-order chi connectivity index (χ0) is 22.6. The van der Waals surface area contributed by atoms with E-state index in [0.717, 1.165) is 5.56 Å². The molecule has 0 spiro atoms. The van der Waals surface area contributed by atoms with Crippen molar-refractivity contribution in [2.24, 2.45) is 0 Å². The molecule has 4 aromatic rings. The molecule has 0 fully saturated rings. The summed E-state index contributed by atoms with van der Waals surface area (Å²) in [7, 11) is 0. The summed E-state index contributed by atoms with van der Waals surface area (Å²) in [6.45, 7) is 5.83. The van der Waals surface area contributed by atoms with Gasteiger partial charge >= 0.3 is 0 Å². The fourth-order valence-electron chi connectivity index (χ4n) is 3.95. The van der Waals surface area contributed by atoms with Crippen LogP contribution in [0.25, 0.3) is 11.0 Å². The summed E-state index contributed by atoms with van der Waals surface area (Å²) >= 11 is 1.25. The monoisotopic (exact) mass is 449 g/mol. The van der Waals surface area contributed by atoms with Gasteiger partial charge in [-0.25, -0.2) is 0 Å². The van der Waals surface area contributed by atoms with E-state index in [9.17, 15) is 14.7 Å². The van der Waals surface area contributed by atoms with Crippen molar-refractivity contribution in [2.75, 3.05) is 11.5 Å². The van der Waals surface area contributed by atoms with Gasteiger partial charge in [0, 0.05) is 0 Å². The standard InChI is InChI=1S/C23H19N3O5S/c1-4-30-17-10-13(6-7-15(17)27)19-18-20(28)14-9-11(2)5-8-16(14)31-21(18)22(29)26(19)23-25-24-12(3)32-23/h5-10,19,27H,4H2,1-3H3. The highest BCUT2D eigenvalue weighted by Gasteiger charge is 2.45. The number of nitrogens with zero attached hydrogens (tertiary/aromatic N) is 3. The van der Waals surface area contributed by atoms with Crippen LogP contribution in [0.5, 0.6) is 11.5 Å². The number of fused-ring (bicyclic) bond motifs is 2. The van der Waals surface area contributed by atoms with Crippen LogP contribution in [-0.2, 0) is 0 Å². The Morgan fingerprint density at radius 2 is 1.97 bits per heavy atom. The molecule has 162 valence electrons. The number of anilines is 1. The minimum Gasteiger partial charge on any atom is -0.504 e. The molecule has 1 N–H and O–H groups in total. The van der Waals surface area contributed by atoms with Crippen LogP contribution in [0.4, 0.5) is 5.13 Å². The lowest BCUT2D eigenvalue weighted by atomic mass is 9.98. The molecule has 5 rings (SSSR count). The lowest BCUT2D eigenvalue weighted by Crippen LogP contribution is -2.29. The average molecular weight is 449 g/mol. The van der Waals surface area contributed by atoms with E-state index in [0.29, 0.717) is 33.3 Å². The third-order valence-electron chi connectivity index (χ3n) is 5.35. The number of amides is 1. The highest BCUT2D eigenvalue weighted by atomic mass is 32.1. The molecule has 1 unspecified atom stereocenters. The predicted octanol–water partition coefficient (Wildman–Crippen LogP) is 4.12. The molecule has 3 heterocycles. The normalized spacial score (nSPS) is 15.4. The van der Waals surface area contributed by atoms with E-state index in [-0.39, 0.29) is 28.3 Å². The summed E-state index contributed by atoms with van der Waals surface area (Å²) in [4.78, 5) is 28.5. The van der Waals surface area contributed by atoms with Crippen molar-refractivity contribution in [2.45, 2.75) is 26.8 Å². The molecular formula is C23H19N3O5S. The van der Waals surface area contributed by atoms with Gasteiger partial charge in [-0.3, -0.25) is 14.5 Å². The molecule has 2 aromatic heterocycles. The Hall–Kier alpha value is -3.72. The Bertz CT molecular complexity index is 1440. The van der Waals surface area contributed by atoms with E-state index in [2.05, 4.69) is 10.2 Å². The Morgan fingerprint density at radius 1 is 1.16 bits per heavy atom. The third-order valence-corrected chi connectivity index (χ3v) is 6.18. The van der Waals surface area contributed by atoms with Crippen LogP contribution in [0.3, 0.4) is 0 Å². The van der Waals surface area contributed by atoms with E-state index in [1.165, 1.54) is 22.3 Å². The molecule has 1 aliphatic rings. The second-order valence-corrected chi connectivity index (χ2v) is 8.68. The van der Waals surface area contributed by atoms with Crippen molar-refractivity contribution >= 4 is 33.3 Å². The first-order valence-corrected chi connectivity index (χ1v) is 10.9. The number of carbonyl (C=O) groups excluding carboxylic acids is 1. The SMILES string of the molecule is CCOc1cc(C2c3c(oc4ccc(C)cc4c3=O)C(=O)N2c2nnc(C)s2)ccc1O. The molecule has 0 bridgehead atoms. The quantitative estimate of drug-likeness (QED) is 0.500. The first kappa shape index (κ1) is 20.2. The maximum absolute atomic E-state index is 13.6. The number of ether oxygens (including phenoxy) is 1. The third kappa shape index (κ3) is 3.04. The van der Waals surface area contributed by atoms with Crippen molar-refractivity contribution in [3.63, 3.8) is 0 Å². The Morgan fingerprint density at radius 3 is 2.69 bits per heavy atom. The van der Waals surface area contributed by atoms with E-state index >= 15 is 0 Å². The summed E-state index contributed by atoms with van der Waals surface area (Å²) in [6, 6.07) is 9.25. The van der Waals surface area contributed by atoms with Crippen LogP contribution in [0.1, 0.15) is 45.2 Å². The zero-order valence-corrected chi connectivity index (χ0v) is 18.4. The molecule has 0 saturated carbocycles. The van der Waals surface area contributed by atoms with E-state index in [4.69, 9.17) is 9.15 Å². The lowest BCUT2D eigenvalue weighted by Gasteiger charge is -2.22. The topological polar surface area (TPSA) is 106 Å². The van der Waals surface area contributed by atoms with Crippen LogP contribution < -0.4 is 15.1 Å². The van der Waals surface area contributed by atoms with Gasteiger partial charge in [0.2, 0.25) is 10.9 Å². The van der Waals surface area contributed by atoms with Gasteiger partial charge in [0.05, 0.1) is 23.6 Å². The summed E-state index contributed by atoms with van der Waals surface area (Å²) < 4.78 is 11.5. The van der Waals surface area contributed by atoms with Gasteiger partial charge in [0.25, 0.3) is 5.91 Å². The van der Waals surface area contributed by atoms with Gasteiger partial charge in [0.1, 0.15) is 10.6 Å². The minimum absolute atomic E-state index is 0.0183. The lowest BCUT2D eigenvalue weighted by molar-refractivity contribution is 0.0970. The van der Waals surface area contributed by atoms with Gasteiger partial charge in [-0.1, -0.05) is 29.0 Å². The fourth-order valence-corrected chi connectivity index (χ4v) is 4.67. The molecule has 2 aromatic carbocycles. The fraction of sp³-hybridized carbons (Fsp3) is 0.217. The number of phenols is 1. The molecule has 1 aliphatic heterocycles. The molecule has 0 saturated heterocycles. The molecule has 1 atom stereocenters. The van der Waals surface area contributed by atoms with Crippen LogP contribution in [-0.4, -0.2) is 27.8 Å². The van der Waals surface area contributed by atoms with Crippen molar-refractivity contribution < 1.29 is 19.1 Å². The number of aromatic hydroxyl groups is 1. The Labute approximate surface area is 186 Å². The second kappa shape index (κ2) is 7.45. The number of carbonyl (C=O) groups is 1. The molecule has 9 heteroatoms. The van der Waals surface area contributed by atoms with Crippen LogP contribution in [0.15, 0.2) is 45.6 Å². The summed E-state index contributed by atoms with van der Waals surface area (Å²) in [5.74, 6) is -0.248. The number of aryl methyl sites for hydroxylation is 2. The zero-order valence-electron chi connectivity index (χ0n) is 17.6. The number of benzene rings is 2. The van der Waals surface area contributed by atoms with E-state index in [1.54, 1.807) is 38.1 Å². The van der Waals surface area contributed by atoms with Crippen molar-refractivity contribution in [3.8, 4) is 11.5 Å². The van der Waals surface area contributed by atoms with Gasteiger partial charge in [-0.15, -0.1) is 10.2 Å². The molecule has 8 nitrogen and oxygen atoms in total. The van der Waals surface area contributed by atoms with Gasteiger partial charge in [-0.05, 0) is 50.6 Å². The van der Waals surface area contributed by atoms with Crippen molar-refractivity contribution in [1.82, 2.24) is 10.2 Å². The van der Waals surface area contributed by atoms with Gasteiger partial charge in [-0.2, -0.15) is 0 Å². The molecule has 1 amide bonds. The van der Waals surface area contributed by atoms with Crippen LogP contribution >= 0.6 is 11.3 Å². The second-order valence-electron chi connectivity index (χ2n) is 7.52. The molecule has 0 aliphatic carbocycles. The number of aromatic nitrogens is 2. The number of phenolic OH excluding ortho intramolecular Hbond substituents is 1. The molecular weight excluding hydrogens is 430 g/mol. The summed E-state index contributed by atoms with van der Waals surface area (Å²) in [5.41, 5.74) is 1.80. The predicted molar refractivity (Wildman–Crippen MR) is 120 cm³/mol. The first-order chi connectivity index (χ1) is 15.4. The Kier molecular flexibility index (Phi) is 4.70. The number of hydrogen-bond donors (Lipinski definition) is 1. The maximum Gasteiger partial charge on any atom is 0.297 e. The highest BCUT2D eigenvalue weighted by Crippen LogP contribution is 2.43. The highest BCUT2D eigenvalue weighted by molar-refractivity contribution is 7.15. The average Bonchev–Trinajstić information content (AvgIpc) is 3.31. The smallest absolute Gasteiger partial charge is 0.297 e. The number of rotatable bonds is 4. The molecule has 32 heavy (non-hydrogen) atoms. The maximum atomic E-state index is 13.6. The summed E-state index contributed by atoms with van der Waals surface area (Å²) in [6.07, 6.45) is 0. The summed E-state index contributed by atoms with van der Waals surface area (Å²) in [5, 5.41) is 19.8. The van der Waals surface area contributed by atoms with E-state index in [1.807, 2.05) is 13.0 Å². The van der Waals surface area contributed by atoms with Crippen molar-refractivity contribution in [3.05, 3.63) is 74.1 Å². The van der Waals surface area contributed by atoms with E-state index < -0.39 is 11.9 Å². The van der Waals surface area contributed by atoms with Crippen LogP contribution in [0.2, 0.25) is 0 Å². The number of hydrogen-bond acceptors (Lipinski definition) is 8. The Balaban J connectivity index is 1.80. The largest absolute Gasteiger partial charge is 0.504 e. The first-order valence-electron chi connectivity index (χ1n) is 10.1. The minimum atomic E-state index is -0.800. The van der Waals surface area contributed by atoms with Crippen molar-refractivity contribution in [1.29, 1.82) is 0 Å². The molecule has 0 radical (unpaired) electrons. The van der Waals surface area contributed by atoms with Gasteiger partial charge < -0.3 is 14.3 Å². The van der Waals surface area contributed by atoms with Crippen LogP contribution in [0, 0.1) is 13.8 Å².